The van der Waals surface area contributed by atoms with Crippen LogP contribution in [0.4, 0.5) is 0 Å². The third kappa shape index (κ3) is 3.77. The average molecular weight is 298 g/mol. The van der Waals surface area contributed by atoms with Gasteiger partial charge in [0.15, 0.2) is 0 Å². The number of hydrogen-bond donors (Lipinski definition) is 1. The largest absolute Gasteiger partial charge is 0.300 e. The number of likely N-dealkylation sites (tertiary alicyclic amines) is 1. The van der Waals surface area contributed by atoms with Crippen molar-refractivity contribution < 1.29 is 4.79 Å². The Bertz CT molecular complexity index is 182. The van der Waals surface area contributed by atoms with Gasteiger partial charge in [-0.3, -0.25) is 14.4 Å². The van der Waals surface area contributed by atoms with Crippen LogP contribution in [-0.2, 0) is 4.79 Å². The summed E-state index contributed by atoms with van der Waals surface area (Å²) >= 11 is 2.03. The highest BCUT2D eigenvalue weighted by Gasteiger charge is 2.10. The van der Waals surface area contributed by atoms with E-state index in [-0.39, 0.29) is 5.91 Å². The Morgan fingerprint density at radius 3 is 2.92 bits per heavy atom. The molecule has 0 aromatic rings. The highest BCUT2D eigenvalue weighted by Crippen LogP contribution is 2.05. The molecule has 0 bridgehead atoms. The second-order valence-electron chi connectivity index (χ2n) is 2.60. The molecule has 0 aliphatic carbocycles. The van der Waals surface area contributed by atoms with Crippen molar-refractivity contribution in [3.05, 3.63) is 12.2 Å². The minimum atomic E-state index is -0.0325. The molecule has 1 rings (SSSR count). The fourth-order valence-corrected chi connectivity index (χ4v) is 1.74. The molecule has 1 heterocycles. The van der Waals surface area contributed by atoms with Crippen LogP contribution in [0, 0.1) is 0 Å². The van der Waals surface area contributed by atoms with Gasteiger partial charge in [0.25, 0.3) is 5.91 Å². The van der Waals surface area contributed by atoms with E-state index in [1.54, 1.807) is 6.08 Å². The molecule has 3 nitrogen and oxygen atoms in total. The number of nitrogens with one attached hydrogen (secondary N) is 1. The first kappa shape index (κ1) is 10.3. The summed E-state index contributed by atoms with van der Waals surface area (Å²) in [5.74, 6) is -0.0325. The number of halogens is 1. The third-order valence-corrected chi connectivity index (χ3v) is 2.66. The van der Waals surface area contributed by atoms with Gasteiger partial charge in [0.05, 0.1) is 0 Å². The molecule has 1 aliphatic heterocycles. The summed E-state index contributed by atoms with van der Waals surface area (Å²) < 4.78 is 2.61. The van der Waals surface area contributed by atoms with Crippen LogP contribution < -0.4 is 4.72 Å². The van der Waals surface area contributed by atoms with Crippen molar-refractivity contribution >= 4 is 36.2 Å². The topological polar surface area (TPSA) is 32.3 Å². The van der Waals surface area contributed by atoms with Gasteiger partial charge in [-0.25, -0.2) is 0 Å². The van der Waals surface area contributed by atoms with E-state index in [4.69, 9.17) is 0 Å². The Morgan fingerprint density at radius 1 is 1.67 bits per heavy atom. The lowest BCUT2D eigenvalue weighted by molar-refractivity contribution is -0.114. The molecule has 68 valence electrons. The number of nitrogens with zero attached hydrogens (tertiary/aromatic N) is 1. The Labute approximate surface area is 88.7 Å². The zero-order chi connectivity index (χ0) is 8.81. The number of carbonyl (C=O) groups excluding carboxylic acids is 1. The second kappa shape index (κ2) is 5.82. The van der Waals surface area contributed by atoms with Crippen LogP contribution in [0.1, 0.15) is 6.42 Å². The lowest BCUT2D eigenvalue weighted by Gasteiger charge is -2.29. The predicted octanol–water partition coefficient (Wildman–Crippen LogP) is 1.36. The van der Waals surface area contributed by atoms with Gasteiger partial charge in [-0.15, -0.1) is 0 Å². The molecule has 1 amide bonds. The molecule has 0 saturated carbocycles. The molecule has 1 aliphatic rings. The smallest absolute Gasteiger partial charge is 0.254 e. The standard InChI is InChI=1S/C7H11IN2OS/c8-12-9-7(11)3-1-4-10-5-2-6-10/h1,3H,2,4-6H2,(H,9,11)/b3-1+. The van der Waals surface area contributed by atoms with E-state index in [9.17, 15) is 4.79 Å². The summed E-state index contributed by atoms with van der Waals surface area (Å²) in [5, 5.41) is 0. The van der Waals surface area contributed by atoms with Gasteiger partial charge < -0.3 is 0 Å². The molecule has 12 heavy (non-hydrogen) atoms. The summed E-state index contributed by atoms with van der Waals surface area (Å²) in [5.41, 5.74) is 0. The molecule has 1 fully saturated rings. The molecule has 0 aromatic heterocycles. The quantitative estimate of drug-likeness (QED) is 0.483. The SMILES string of the molecule is O=C(/C=C/CN1CCC1)NSI. The monoisotopic (exact) mass is 298 g/mol. The second-order valence-corrected chi connectivity index (χ2v) is 4.28. The van der Waals surface area contributed by atoms with Crippen LogP contribution in [0.15, 0.2) is 12.2 Å². The van der Waals surface area contributed by atoms with Gasteiger partial charge in [-0.1, -0.05) is 6.08 Å². The fourth-order valence-electron chi connectivity index (χ4n) is 0.945. The van der Waals surface area contributed by atoms with E-state index >= 15 is 0 Å². The van der Waals surface area contributed by atoms with Crippen molar-refractivity contribution in [1.29, 1.82) is 0 Å². The number of hydrogen-bond acceptors (Lipinski definition) is 3. The van der Waals surface area contributed by atoms with Crippen LogP contribution in [0.2, 0.25) is 0 Å². The van der Waals surface area contributed by atoms with Crippen molar-refractivity contribution in [3.63, 3.8) is 0 Å². The van der Waals surface area contributed by atoms with Crippen molar-refractivity contribution in [3.8, 4) is 0 Å². The molecule has 0 aromatic carbocycles. The Hall–Kier alpha value is 0.250. The molecule has 0 spiro atoms. The van der Waals surface area contributed by atoms with E-state index in [2.05, 4.69) is 9.62 Å². The Balaban J connectivity index is 2.07. The van der Waals surface area contributed by atoms with E-state index in [1.165, 1.54) is 28.6 Å². The molecule has 0 atom stereocenters. The molecule has 1 saturated heterocycles. The molecule has 0 unspecified atom stereocenters. The molecular formula is C7H11IN2OS. The summed E-state index contributed by atoms with van der Waals surface area (Å²) in [6.45, 7) is 3.25. The van der Waals surface area contributed by atoms with E-state index < -0.39 is 0 Å². The maximum Gasteiger partial charge on any atom is 0.254 e. The van der Waals surface area contributed by atoms with E-state index in [0.29, 0.717) is 0 Å². The summed E-state index contributed by atoms with van der Waals surface area (Å²) in [4.78, 5) is 13.2. The number of amides is 1. The van der Waals surface area contributed by atoms with Crippen LogP contribution >= 0.6 is 30.3 Å². The van der Waals surface area contributed by atoms with Crippen molar-refractivity contribution in [2.75, 3.05) is 19.6 Å². The maximum atomic E-state index is 10.9. The normalized spacial score (nSPS) is 17.8. The fraction of sp³-hybridized carbons (Fsp3) is 0.571. The minimum Gasteiger partial charge on any atom is -0.300 e. The zero-order valence-electron chi connectivity index (χ0n) is 6.62. The average Bonchev–Trinajstić information content (AvgIpc) is 1.95. The van der Waals surface area contributed by atoms with Gasteiger partial charge >= 0.3 is 0 Å². The lowest BCUT2D eigenvalue weighted by Crippen LogP contribution is -2.37. The first-order valence-corrected chi connectivity index (χ1v) is 7.15. The van der Waals surface area contributed by atoms with Gasteiger partial charge in [0, 0.05) is 42.9 Å². The third-order valence-electron chi connectivity index (χ3n) is 1.72. The van der Waals surface area contributed by atoms with Crippen LogP contribution in [-0.4, -0.2) is 30.4 Å². The highest BCUT2D eigenvalue weighted by molar-refractivity contribution is 14.2. The predicted molar refractivity (Wildman–Crippen MR) is 60.0 cm³/mol. The van der Waals surface area contributed by atoms with Gasteiger partial charge in [0.1, 0.15) is 0 Å². The molecule has 1 N–H and O–H groups in total. The van der Waals surface area contributed by atoms with E-state index in [1.807, 2.05) is 27.3 Å². The molecule has 0 radical (unpaired) electrons. The highest BCUT2D eigenvalue weighted by atomic mass is 127. The first-order chi connectivity index (χ1) is 5.83. The van der Waals surface area contributed by atoms with Gasteiger partial charge in [-0.2, -0.15) is 0 Å². The minimum absolute atomic E-state index is 0.0325. The van der Waals surface area contributed by atoms with Crippen LogP contribution in [0.25, 0.3) is 0 Å². The maximum absolute atomic E-state index is 10.9. The zero-order valence-corrected chi connectivity index (χ0v) is 9.60. The van der Waals surface area contributed by atoms with Crippen LogP contribution in [0.5, 0.6) is 0 Å². The summed E-state index contributed by atoms with van der Waals surface area (Å²) in [6.07, 6.45) is 4.79. The van der Waals surface area contributed by atoms with Crippen LogP contribution in [0.3, 0.4) is 0 Å². The molecule has 5 heteroatoms. The van der Waals surface area contributed by atoms with Gasteiger partial charge in [0.2, 0.25) is 0 Å². The van der Waals surface area contributed by atoms with Crippen molar-refractivity contribution in [1.82, 2.24) is 9.62 Å². The Kier molecular flexibility index (Phi) is 5.01. The van der Waals surface area contributed by atoms with Crippen molar-refractivity contribution in [2.45, 2.75) is 6.42 Å². The van der Waals surface area contributed by atoms with Gasteiger partial charge in [-0.05, 0) is 19.5 Å². The number of rotatable bonds is 4. The lowest BCUT2D eigenvalue weighted by atomic mass is 10.2. The van der Waals surface area contributed by atoms with E-state index in [0.717, 1.165) is 6.54 Å². The molecular weight excluding hydrogens is 287 g/mol. The summed E-state index contributed by atoms with van der Waals surface area (Å²) in [6, 6.07) is 0. The first-order valence-electron chi connectivity index (χ1n) is 3.79. The summed E-state index contributed by atoms with van der Waals surface area (Å²) in [7, 11) is 1.29. The Morgan fingerprint density at radius 2 is 2.42 bits per heavy atom. The number of carbonyl (C=O) groups is 1. The van der Waals surface area contributed by atoms with Crippen molar-refractivity contribution in [2.24, 2.45) is 0 Å².